The molecule has 1 unspecified atom stereocenters. The molecule has 0 saturated carbocycles. The molecule has 0 spiro atoms. The maximum Gasteiger partial charge on any atom is 0.244 e. The van der Waals surface area contributed by atoms with E-state index in [1.807, 2.05) is 39.0 Å². The summed E-state index contributed by atoms with van der Waals surface area (Å²) in [7, 11) is -3.77. The lowest BCUT2D eigenvalue weighted by atomic mass is 10.1. The Morgan fingerprint density at radius 1 is 1.23 bits per heavy atom. The number of sulfonamides is 1. The minimum atomic E-state index is -3.77. The van der Waals surface area contributed by atoms with Crippen molar-refractivity contribution in [3.05, 3.63) is 52.7 Å². The molecule has 1 aliphatic rings. The van der Waals surface area contributed by atoms with Gasteiger partial charge in [-0.2, -0.15) is 4.31 Å². The van der Waals surface area contributed by atoms with Gasteiger partial charge in [0.25, 0.3) is 0 Å². The van der Waals surface area contributed by atoms with Gasteiger partial charge in [-0.15, -0.1) is 0 Å². The first-order valence-electron chi connectivity index (χ1n) is 10.6. The van der Waals surface area contributed by atoms with Crippen molar-refractivity contribution in [1.29, 1.82) is 0 Å². The number of hydrogen-bond donors (Lipinski definition) is 1. The highest BCUT2D eigenvalue weighted by Crippen LogP contribution is 2.30. The maximum absolute atomic E-state index is 13.4. The van der Waals surface area contributed by atoms with Gasteiger partial charge < -0.3 is 10.1 Å². The second-order valence-electron chi connectivity index (χ2n) is 8.39. The summed E-state index contributed by atoms with van der Waals surface area (Å²) in [5, 5.41) is 2.87. The summed E-state index contributed by atoms with van der Waals surface area (Å²) in [6.45, 7) is 10.0. The van der Waals surface area contributed by atoms with Crippen molar-refractivity contribution >= 4 is 15.9 Å². The van der Waals surface area contributed by atoms with Crippen molar-refractivity contribution in [2.75, 3.05) is 6.54 Å². The number of amides is 1. The van der Waals surface area contributed by atoms with Gasteiger partial charge in [0.2, 0.25) is 21.8 Å². The molecule has 1 fully saturated rings. The fourth-order valence-electron chi connectivity index (χ4n) is 4.11. The van der Waals surface area contributed by atoms with E-state index >= 15 is 0 Å². The molecule has 7 nitrogen and oxygen atoms in total. The maximum atomic E-state index is 13.4. The molecule has 31 heavy (non-hydrogen) atoms. The molecule has 2 heterocycles. The normalized spacial score (nSPS) is 17.2. The van der Waals surface area contributed by atoms with E-state index in [-0.39, 0.29) is 18.6 Å². The van der Waals surface area contributed by atoms with Crippen LogP contribution in [0.4, 0.5) is 0 Å². The van der Waals surface area contributed by atoms with Crippen LogP contribution in [0.2, 0.25) is 0 Å². The van der Waals surface area contributed by atoms with Crippen LogP contribution in [0.5, 0.6) is 5.88 Å². The Labute approximate surface area is 184 Å². The Morgan fingerprint density at radius 2 is 1.90 bits per heavy atom. The highest BCUT2D eigenvalue weighted by atomic mass is 32.2. The lowest BCUT2D eigenvalue weighted by Crippen LogP contribution is -2.45. The van der Waals surface area contributed by atoms with E-state index in [2.05, 4.69) is 10.3 Å². The predicted octanol–water partition coefficient (Wildman–Crippen LogP) is 3.26. The number of pyridine rings is 1. The van der Waals surface area contributed by atoms with E-state index < -0.39 is 16.1 Å². The number of ether oxygens (including phenoxy) is 1. The van der Waals surface area contributed by atoms with Crippen molar-refractivity contribution in [1.82, 2.24) is 14.6 Å². The summed E-state index contributed by atoms with van der Waals surface area (Å²) >= 11 is 0. The van der Waals surface area contributed by atoms with E-state index in [0.29, 0.717) is 41.3 Å². The number of nitrogens with one attached hydrogen (secondary N) is 1. The lowest BCUT2D eigenvalue weighted by Gasteiger charge is -2.25. The van der Waals surface area contributed by atoms with Crippen LogP contribution >= 0.6 is 0 Å². The standard InChI is InChI=1S/C23H31N3O4S/c1-15(2)30-21-9-8-19(13-24-21)14-25-23(27)20-7-6-10-26(20)31(28,29)22-17(4)11-16(3)12-18(22)5/h8-9,11-13,15,20H,6-7,10,14H2,1-5H3,(H,25,27). The summed E-state index contributed by atoms with van der Waals surface area (Å²) < 4.78 is 33.7. The van der Waals surface area contributed by atoms with Crippen molar-refractivity contribution < 1.29 is 17.9 Å². The average Bonchev–Trinajstić information content (AvgIpc) is 3.16. The monoisotopic (exact) mass is 445 g/mol. The second kappa shape index (κ2) is 9.36. The van der Waals surface area contributed by atoms with Crippen LogP contribution in [0.25, 0.3) is 0 Å². The topological polar surface area (TPSA) is 88.6 Å². The van der Waals surface area contributed by atoms with E-state index in [1.54, 1.807) is 26.1 Å². The highest BCUT2D eigenvalue weighted by Gasteiger charge is 2.40. The first-order chi connectivity index (χ1) is 14.6. The molecule has 1 amide bonds. The van der Waals surface area contributed by atoms with Gasteiger partial charge in [0.1, 0.15) is 6.04 Å². The van der Waals surface area contributed by atoms with Crippen LogP contribution < -0.4 is 10.1 Å². The quantitative estimate of drug-likeness (QED) is 0.707. The molecule has 1 aromatic carbocycles. The third-order valence-corrected chi connectivity index (χ3v) is 7.51. The van der Waals surface area contributed by atoms with E-state index in [1.165, 1.54) is 4.31 Å². The van der Waals surface area contributed by atoms with Gasteiger partial charge in [0, 0.05) is 25.4 Å². The zero-order chi connectivity index (χ0) is 22.8. The van der Waals surface area contributed by atoms with E-state index in [0.717, 1.165) is 11.1 Å². The van der Waals surface area contributed by atoms with Gasteiger partial charge in [-0.1, -0.05) is 23.8 Å². The van der Waals surface area contributed by atoms with Crippen molar-refractivity contribution in [3.63, 3.8) is 0 Å². The van der Waals surface area contributed by atoms with E-state index in [4.69, 9.17) is 4.74 Å². The number of aryl methyl sites for hydroxylation is 3. The molecular weight excluding hydrogens is 414 g/mol. The fourth-order valence-corrected chi connectivity index (χ4v) is 6.19. The predicted molar refractivity (Wildman–Crippen MR) is 119 cm³/mol. The first kappa shape index (κ1) is 23.2. The van der Waals surface area contributed by atoms with Crippen LogP contribution in [0, 0.1) is 20.8 Å². The molecule has 0 radical (unpaired) electrons. The summed E-state index contributed by atoms with van der Waals surface area (Å²) in [5.41, 5.74) is 3.25. The van der Waals surface area contributed by atoms with Crippen LogP contribution in [0.3, 0.4) is 0 Å². The van der Waals surface area contributed by atoms with Gasteiger partial charge in [0.05, 0.1) is 11.0 Å². The highest BCUT2D eigenvalue weighted by molar-refractivity contribution is 7.89. The number of carbonyl (C=O) groups is 1. The first-order valence-corrected chi connectivity index (χ1v) is 12.0. The molecule has 8 heteroatoms. The molecule has 0 bridgehead atoms. The molecule has 2 aromatic rings. The van der Waals surface area contributed by atoms with Gasteiger partial charge in [-0.05, 0) is 64.2 Å². The number of aromatic nitrogens is 1. The molecule has 1 aromatic heterocycles. The smallest absolute Gasteiger partial charge is 0.244 e. The summed E-state index contributed by atoms with van der Waals surface area (Å²) in [6.07, 6.45) is 2.85. The summed E-state index contributed by atoms with van der Waals surface area (Å²) in [5.74, 6) is 0.243. The molecule has 168 valence electrons. The minimum Gasteiger partial charge on any atom is -0.475 e. The van der Waals surface area contributed by atoms with Crippen LogP contribution in [-0.2, 0) is 21.4 Å². The number of benzene rings is 1. The summed E-state index contributed by atoms with van der Waals surface area (Å²) in [6, 6.07) is 6.63. The molecular formula is C23H31N3O4S. The van der Waals surface area contributed by atoms with Gasteiger partial charge in [-0.3, -0.25) is 4.79 Å². The third-order valence-electron chi connectivity index (χ3n) is 5.30. The minimum absolute atomic E-state index is 0.0363. The average molecular weight is 446 g/mol. The zero-order valence-corrected chi connectivity index (χ0v) is 19.6. The van der Waals surface area contributed by atoms with Crippen LogP contribution in [0.1, 0.15) is 48.9 Å². The van der Waals surface area contributed by atoms with Crippen LogP contribution in [0.15, 0.2) is 35.4 Å². The molecule has 3 rings (SSSR count). The molecule has 0 aliphatic carbocycles. The molecule has 1 saturated heterocycles. The number of carbonyl (C=O) groups excluding carboxylic acids is 1. The second-order valence-corrected chi connectivity index (χ2v) is 10.2. The number of hydrogen-bond acceptors (Lipinski definition) is 5. The number of rotatable bonds is 7. The van der Waals surface area contributed by atoms with Crippen molar-refractivity contribution in [2.45, 2.75) is 71.0 Å². The largest absolute Gasteiger partial charge is 0.475 e. The Balaban J connectivity index is 1.72. The fraction of sp³-hybridized carbons (Fsp3) is 0.478. The van der Waals surface area contributed by atoms with Crippen LogP contribution in [-0.4, -0.2) is 42.3 Å². The van der Waals surface area contributed by atoms with E-state index in [9.17, 15) is 13.2 Å². The summed E-state index contributed by atoms with van der Waals surface area (Å²) in [4.78, 5) is 17.4. The molecule has 1 atom stereocenters. The molecule has 1 aliphatic heterocycles. The zero-order valence-electron chi connectivity index (χ0n) is 18.8. The molecule has 1 N–H and O–H groups in total. The van der Waals surface area contributed by atoms with Crippen molar-refractivity contribution in [3.8, 4) is 5.88 Å². The Bertz CT molecular complexity index is 1030. The Hall–Kier alpha value is -2.45. The Morgan fingerprint density at radius 3 is 2.48 bits per heavy atom. The SMILES string of the molecule is Cc1cc(C)c(S(=O)(=O)N2CCCC2C(=O)NCc2ccc(OC(C)C)nc2)c(C)c1. The third kappa shape index (κ3) is 5.25. The van der Waals surface area contributed by atoms with Gasteiger partial charge >= 0.3 is 0 Å². The van der Waals surface area contributed by atoms with Crippen molar-refractivity contribution in [2.24, 2.45) is 0 Å². The van der Waals surface area contributed by atoms with Gasteiger partial charge in [0.15, 0.2) is 0 Å². The van der Waals surface area contributed by atoms with Gasteiger partial charge in [-0.25, -0.2) is 13.4 Å². The lowest BCUT2D eigenvalue weighted by molar-refractivity contribution is -0.124. The Kier molecular flexibility index (Phi) is 7.01. The number of nitrogens with zero attached hydrogens (tertiary/aromatic N) is 2.